The van der Waals surface area contributed by atoms with Crippen LogP contribution in [0.2, 0.25) is 0 Å². The van der Waals surface area contributed by atoms with Gasteiger partial charge in [0.1, 0.15) is 10.0 Å². The molecule has 0 bridgehead atoms. The molecule has 4 rings (SSSR count). The first kappa shape index (κ1) is 33.8. The molecule has 2 atom stereocenters. The van der Waals surface area contributed by atoms with Crippen LogP contribution in [0, 0.1) is 21.3 Å². The maximum absolute atomic E-state index is 13.4. The van der Waals surface area contributed by atoms with Crippen LogP contribution in [0.15, 0.2) is 114 Å². The second-order valence-corrected chi connectivity index (χ2v) is 10.8. The van der Waals surface area contributed by atoms with Gasteiger partial charge in [0.2, 0.25) is 0 Å². The first-order valence-corrected chi connectivity index (χ1v) is 16.2. The molecule has 1 N–H and O–H groups in total. The van der Waals surface area contributed by atoms with Crippen molar-refractivity contribution in [1.82, 2.24) is 5.32 Å². The van der Waals surface area contributed by atoms with Gasteiger partial charge >= 0.3 is 27.0 Å². The van der Waals surface area contributed by atoms with Crippen LogP contribution in [0.1, 0.15) is 39.9 Å². The van der Waals surface area contributed by atoms with Crippen molar-refractivity contribution in [3.63, 3.8) is 0 Å². The van der Waals surface area contributed by atoms with Crippen LogP contribution in [0.3, 0.4) is 0 Å². The van der Waals surface area contributed by atoms with Gasteiger partial charge in [0, 0.05) is 17.5 Å². The van der Waals surface area contributed by atoms with Gasteiger partial charge in [0.05, 0.1) is 13.2 Å². The third-order valence-corrected chi connectivity index (χ3v) is 7.56. The minimum atomic E-state index is -3.90. The number of rotatable bonds is 12. The normalized spacial score (nSPS) is 12.4. The molecule has 0 saturated heterocycles. The number of nitrogens with one attached hydrogen (secondary N) is 1. The van der Waals surface area contributed by atoms with Crippen LogP contribution in [0.25, 0.3) is 4.72 Å². The van der Waals surface area contributed by atoms with Gasteiger partial charge in [-0.3, -0.25) is 0 Å². The number of halogens is 1. The maximum atomic E-state index is 13.4. The summed E-state index contributed by atoms with van der Waals surface area (Å²) in [5, 5.41) is 3.53. The zero-order valence-corrected chi connectivity index (χ0v) is 26.3. The van der Waals surface area contributed by atoms with E-state index in [4.69, 9.17) is 4.74 Å². The van der Waals surface area contributed by atoms with E-state index in [0.717, 1.165) is 22.3 Å². The summed E-state index contributed by atoms with van der Waals surface area (Å²) < 4.78 is 37.2. The fraction of sp³-hybridized carbons (Fsp3) is 0.219. The fourth-order valence-electron chi connectivity index (χ4n) is 4.12. The van der Waals surface area contributed by atoms with Gasteiger partial charge in [-0.2, -0.15) is 0 Å². The van der Waals surface area contributed by atoms with E-state index in [1.165, 1.54) is 5.56 Å². The summed E-state index contributed by atoms with van der Waals surface area (Å²) in [6, 6.07) is 33.5. The average molecular weight is 665 g/mol. The van der Waals surface area contributed by atoms with Crippen LogP contribution in [0.5, 0.6) is 0 Å². The molecule has 0 heterocycles. The van der Waals surface area contributed by atoms with Gasteiger partial charge in [-0.25, -0.2) is 8.42 Å². The summed E-state index contributed by atoms with van der Waals surface area (Å²) in [6.45, 7) is 5.52. The first-order valence-electron chi connectivity index (χ1n) is 12.6. The molecule has 4 aromatic rings. The monoisotopic (exact) mass is 665 g/mol. The topological polar surface area (TPSA) is 69.5 Å². The summed E-state index contributed by atoms with van der Waals surface area (Å²) in [5.74, 6) is 0. The Bertz CT molecular complexity index is 1360. The molecule has 0 saturated carbocycles. The van der Waals surface area contributed by atoms with E-state index in [-0.39, 0.29) is 18.4 Å². The zero-order valence-electron chi connectivity index (χ0n) is 23.0. The van der Waals surface area contributed by atoms with Crippen molar-refractivity contribution in [1.29, 1.82) is 0 Å². The Kier molecular flexibility index (Phi) is 14.7. The van der Waals surface area contributed by atoms with Crippen LogP contribution in [-0.2, 0) is 38.7 Å². The third-order valence-electron chi connectivity index (χ3n) is 6.19. The predicted molar refractivity (Wildman–Crippen MR) is 161 cm³/mol. The number of hydrogen-bond acceptors (Lipinski definition) is 4. The SMILES string of the molecule is Cc1ccc(COCCNC(c2ccccc2)C([N-]S(=O)(=O)c2ccc(C)cc2)c2ccccc2)cc1.[CH3-].[Cl][Ru+3]. The van der Waals surface area contributed by atoms with Gasteiger partial charge < -0.3 is 22.2 Å². The Hall–Kier alpha value is -2.38. The van der Waals surface area contributed by atoms with Crippen molar-refractivity contribution < 1.29 is 30.5 Å². The molecule has 5 nitrogen and oxygen atoms in total. The van der Waals surface area contributed by atoms with Gasteiger partial charge in [-0.05, 0) is 37.1 Å². The molecular formula is C32H36ClN2O3RuS+. The second kappa shape index (κ2) is 17.4. The zero-order chi connectivity index (χ0) is 28.1. The number of ether oxygens (including phenoxy) is 1. The molecule has 212 valence electrons. The van der Waals surface area contributed by atoms with E-state index in [1.54, 1.807) is 24.3 Å². The molecule has 0 radical (unpaired) electrons. The van der Waals surface area contributed by atoms with E-state index in [0.29, 0.717) is 19.8 Å². The summed E-state index contributed by atoms with van der Waals surface area (Å²) in [4.78, 5) is 0.187. The minimum absolute atomic E-state index is 0. The van der Waals surface area contributed by atoms with E-state index in [2.05, 4.69) is 50.9 Å². The molecule has 0 spiro atoms. The Balaban J connectivity index is 0.00000183. The predicted octanol–water partition coefficient (Wildman–Crippen LogP) is 7.79. The van der Waals surface area contributed by atoms with Crippen LogP contribution in [0.4, 0.5) is 0 Å². The van der Waals surface area contributed by atoms with E-state index >= 15 is 0 Å². The summed E-state index contributed by atoms with van der Waals surface area (Å²) in [7, 11) is 0.670. The van der Waals surface area contributed by atoms with Crippen LogP contribution >= 0.6 is 9.69 Å². The van der Waals surface area contributed by atoms with Crippen LogP contribution < -0.4 is 5.32 Å². The standard InChI is InChI=1S/C31H33N2O3S.CH3.ClH.Ru/c1-24-13-17-26(18-14-24)23-36-22-21-32-30(27-9-5-3-6-10-27)31(28-11-7-4-8-12-28)33-37(34,35)29-19-15-25(2)16-20-29;;;/h3-20,30-32H,21-23H2,1-2H3;1H3;1H;/q2*-1;;+4/p-1. The Morgan fingerprint density at radius 1 is 0.775 bits per heavy atom. The summed E-state index contributed by atoms with van der Waals surface area (Å²) in [5.41, 5.74) is 5.10. The molecule has 4 aromatic carbocycles. The van der Waals surface area contributed by atoms with E-state index in [1.807, 2.05) is 84.9 Å². The Morgan fingerprint density at radius 2 is 1.27 bits per heavy atom. The molecule has 40 heavy (non-hydrogen) atoms. The quantitative estimate of drug-likeness (QED) is 0.0954. The molecular weight excluding hydrogens is 629 g/mol. The molecule has 0 aliphatic carbocycles. The summed E-state index contributed by atoms with van der Waals surface area (Å²) >= 11 is 1.82. The average Bonchev–Trinajstić information content (AvgIpc) is 2.97. The van der Waals surface area contributed by atoms with Crippen molar-refractivity contribution in [2.75, 3.05) is 13.2 Å². The number of sulfonamides is 1. The fourth-order valence-corrected chi connectivity index (χ4v) is 5.26. The molecule has 0 aromatic heterocycles. The molecule has 0 amide bonds. The van der Waals surface area contributed by atoms with Crippen molar-refractivity contribution in [2.45, 2.75) is 37.4 Å². The van der Waals surface area contributed by atoms with Gasteiger partial charge in [0.25, 0.3) is 0 Å². The third kappa shape index (κ3) is 10.2. The molecule has 0 fully saturated rings. The van der Waals surface area contributed by atoms with Crippen molar-refractivity contribution in [3.8, 4) is 0 Å². The molecule has 0 aliphatic heterocycles. The second-order valence-electron chi connectivity index (χ2n) is 9.13. The number of hydrogen-bond donors (Lipinski definition) is 1. The van der Waals surface area contributed by atoms with Crippen molar-refractivity contribution >= 4 is 19.7 Å². The number of nitrogens with zero attached hydrogens (tertiary/aromatic N) is 1. The van der Waals surface area contributed by atoms with Gasteiger partial charge in [-0.1, -0.05) is 120 Å². The van der Waals surface area contributed by atoms with Gasteiger partial charge in [0.15, 0.2) is 0 Å². The van der Waals surface area contributed by atoms with Gasteiger partial charge in [-0.15, -0.1) is 0 Å². The van der Waals surface area contributed by atoms with E-state index < -0.39 is 16.1 Å². The van der Waals surface area contributed by atoms with Crippen LogP contribution in [-0.4, -0.2) is 21.6 Å². The van der Waals surface area contributed by atoms with E-state index in [9.17, 15) is 8.42 Å². The molecule has 0 aliphatic rings. The number of benzene rings is 4. The Morgan fingerprint density at radius 3 is 1.82 bits per heavy atom. The Labute approximate surface area is 254 Å². The van der Waals surface area contributed by atoms with Crippen molar-refractivity contribution in [2.24, 2.45) is 0 Å². The van der Waals surface area contributed by atoms with Crippen molar-refractivity contribution in [3.05, 3.63) is 149 Å². The first-order chi connectivity index (χ1) is 18.9. The molecule has 2 unspecified atom stereocenters. The molecule has 8 heteroatoms. The summed E-state index contributed by atoms with van der Waals surface area (Å²) in [6.07, 6.45) is 0. The number of aryl methyl sites for hydroxylation is 2.